The Morgan fingerprint density at radius 2 is 1.72 bits per heavy atom. The third-order valence-corrected chi connectivity index (χ3v) is 5.80. The van der Waals surface area contributed by atoms with Crippen molar-refractivity contribution in [2.24, 2.45) is 0 Å². The minimum Gasteiger partial charge on any atom is -0.497 e. The lowest BCUT2D eigenvalue weighted by Gasteiger charge is -2.21. The van der Waals surface area contributed by atoms with Crippen LogP contribution in [0.25, 0.3) is 22.4 Å². The summed E-state index contributed by atoms with van der Waals surface area (Å²) in [7, 11) is 4.71. The van der Waals surface area contributed by atoms with E-state index in [-0.39, 0.29) is 18.5 Å². The lowest BCUT2D eigenvalue weighted by atomic mass is 10.1. The van der Waals surface area contributed by atoms with Crippen LogP contribution >= 0.6 is 0 Å². The van der Waals surface area contributed by atoms with Crippen LogP contribution in [0.2, 0.25) is 0 Å². The number of ether oxygens (including phenoxy) is 3. The molecule has 0 spiro atoms. The van der Waals surface area contributed by atoms with E-state index >= 15 is 0 Å². The van der Waals surface area contributed by atoms with Crippen molar-refractivity contribution in [1.29, 1.82) is 0 Å². The maximum Gasteiger partial charge on any atom is 0.305 e. The van der Waals surface area contributed by atoms with Crippen LogP contribution in [-0.4, -0.2) is 32.2 Å². The summed E-state index contributed by atoms with van der Waals surface area (Å²) < 4.78 is 27.8. The fourth-order valence-electron chi connectivity index (χ4n) is 3.92. The molecule has 0 fully saturated rings. The van der Waals surface area contributed by atoms with E-state index in [1.165, 1.54) is 4.90 Å². The number of oxazole rings is 1. The van der Waals surface area contributed by atoms with Gasteiger partial charge in [0.1, 0.15) is 28.5 Å². The number of anilines is 1. The first-order valence-corrected chi connectivity index (χ1v) is 11.2. The lowest BCUT2D eigenvalue weighted by Crippen LogP contribution is -2.31. The van der Waals surface area contributed by atoms with Crippen molar-refractivity contribution >= 4 is 23.0 Å². The number of methoxy groups -OCH3 is 3. The van der Waals surface area contributed by atoms with Gasteiger partial charge in [-0.15, -0.1) is 0 Å². The third-order valence-electron chi connectivity index (χ3n) is 5.80. The van der Waals surface area contributed by atoms with Gasteiger partial charge in [0.05, 0.1) is 34.1 Å². The zero-order chi connectivity index (χ0) is 25.1. The van der Waals surface area contributed by atoms with Crippen molar-refractivity contribution in [3.8, 4) is 28.6 Å². The Kier molecular flexibility index (Phi) is 6.32. The van der Waals surface area contributed by atoms with Crippen molar-refractivity contribution in [2.45, 2.75) is 6.54 Å². The van der Waals surface area contributed by atoms with Crippen LogP contribution in [0.4, 0.5) is 6.01 Å². The van der Waals surface area contributed by atoms with Crippen molar-refractivity contribution in [2.75, 3.05) is 26.2 Å². The number of hydrogen-bond donors (Lipinski definition) is 0. The zero-order valence-corrected chi connectivity index (χ0v) is 20.1. The van der Waals surface area contributed by atoms with E-state index in [2.05, 4.69) is 4.98 Å². The number of fused-ring (bicyclic) bond motifs is 1. The van der Waals surface area contributed by atoms with Gasteiger partial charge < -0.3 is 23.0 Å². The Balaban J connectivity index is 1.58. The molecule has 2 aromatic heterocycles. The van der Waals surface area contributed by atoms with Gasteiger partial charge in [0.2, 0.25) is 0 Å². The van der Waals surface area contributed by atoms with Crippen LogP contribution in [0.1, 0.15) is 15.9 Å². The molecule has 0 N–H and O–H groups in total. The molecule has 0 radical (unpaired) electrons. The third kappa shape index (κ3) is 4.48. The molecule has 5 aromatic rings. The second-order valence-electron chi connectivity index (χ2n) is 7.96. The van der Waals surface area contributed by atoms with Crippen LogP contribution in [0.15, 0.2) is 87.9 Å². The van der Waals surface area contributed by atoms with E-state index < -0.39 is 0 Å². The molecular formula is C28H24N2O6. The average Bonchev–Trinajstić information content (AvgIpc) is 3.61. The van der Waals surface area contributed by atoms with Gasteiger partial charge in [-0.3, -0.25) is 9.69 Å². The maximum absolute atomic E-state index is 13.8. The van der Waals surface area contributed by atoms with Gasteiger partial charge >= 0.3 is 6.01 Å². The molecule has 0 saturated heterocycles. The summed E-state index contributed by atoms with van der Waals surface area (Å²) in [6, 6.07) is 21.8. The number of rotatable bonds is 8. The number of carbonyl (C=O) groups is 1. The molecule has 0 unspecified atom stereocenters. The largest absolute Gasteiger partial charge is 0.497 e. The normalized spacial score (nSPS) is 10.9. The van der Waals surface area contributed by atoms with Crippen LogP contribution < -0.4 is 19.1 Å². The molecule has 8 heteroatoms. The Labute approximate surface area is 207 Å². The maximum atomic E-state index is 13.8. The van der Waals surface area contributed by atoms with Gasteiger partial charge in [-0.25, -0.2) is 0 Å². The first-order valence-electron chi connectivity index (χ1n) is 11.2. The van der Waals surface area contributed by atoms with Crippen LogP contribution in [0.5, 0.6) is 17.2 Å². The van der Waals surface area contributed by atoms with Gasteiger partial charge in [-0.2, -0.15) is 4.98 Å². The molecule has 8 nitrogen and oxygen atoms in total. The second kappa shape index (κ2) is 9.87. The van der Waals surface area contributed by atoms with E-state index in [0.29, 0.717) is 39.7 Å². The number of aromatic nitrogens is 1. The highest BCUT2D eigenvalue weighted by molar-refractivity contribution is 6.05. The summed E-state index contributed by atoms with van der Waals surface area (Å²) in [5.41, 5.74) is 3.19. The smallest absolute Gasteiger partial charge is 0.305 e. The average molecular weight is 485 g/mol. The van der Waals surface area contributed by atoms with Gasteiger partial charge in [0, 0.05) is 22.8 Å². The fourth-order valence-corrected chi connectivity index (χ4v) is 3.92. The van der Waals surface area contributed by atoms with Crippen molar-refractivity contribution in [3.63, 3.8) is 0 Å². The number of hydrogen-bond acceptors (Lipinski definition) is 7. The molecule has 182 valence electrons. The molecule has 2 heterocycles. The molecule has 36 heavy (non-hydrogen) atoms. The highest BCUT2D eigenvalue weighted by Crippen LogP contribution is 2.32. The standard InChI is InChI=1S/C28H24N2O6/c1-32-21-7-4-6-19(14-21)27(31)30(17-20-9-11-22(33-2)16-26(20)34-3)28-29-23-15-18(10-12-25(23)36-28)24-8-5-13-35-24/h4-16H,17H2,1-3H3. The summed E-state index contributed by atoms with van der Waals surface area (Å²) in [4.78, 5) is 19.9. The van der Waals surface area contributed by atoms with Crippen LogP contribution in [-0.2, 0) is 6.54 Å². The Bertz CT molecular complexity index is 1510. The Morgan fingerprint density at radius 3 is 2.47 bits per heavy atom. The molecule has 0 saturated carbocycles. The second-order valence-corrected chi connectivity index (χ2v) is 7.96. The molecule has 0 aliphatic carbocycles. The molecule has 5 rings (SSSR count). The van der Waals surface area contributed by atoms with Gasteiger partial charge in [-0.05, 0) is 60.7 Å². The first kappa shape index (κ1) is 23.0. The quantitative estimate of drug-likeness (QED) is 0.268. The summed E-state index contributed by atoms with van der Waals surface area (Å²) in [6.07, 6.45) is 1.62. The molecule has 0 atom stereocenters. The summed E-state index contributed by atoms with van der Waals surface area (Å²) in [6.45, 7) is 0.154. The summed E-state index contributed by atoms with van der Waals surface area (Å²) in [5, 5.41) is 0. The predicted octanol–water partition coefficient (Wildman–Crippen LogP) is 5.96. The van der Waals surface area contributed by atoms with Crippen LogP contribution in [0.3, 0.4) is 0 Å². The first-order chi connectivity index (χ1) is 17.6. The fraction of sp³-hybridized carbons (Fsp3) is 0.143. The number of amides is 1. The van der Waals surface area contributed by atoms with E-state index in [4.69, 9.17) is 23.0 Å². The van der Waals surface area contributed by atoms with Crippen molar-refractivity contribution < 1.29 is 27.8 Å². The molecule has 3 aromatic carbocycles. The lowest BCUT2D eigenvalue weighted by molar-refractivity contribution is 0.0979. The van der Waals surface area contributed by atoms with Crippen molar-refractivity contribution in [3.05, 3.63) is 90.2 Å². The summed E-state index contributed by atoms with van der Waals surface area (Å²) >= 11 is 0. The highest BCUT2D eigenvalue weighted by atomic mass is 16.5. The predicted molar refractivity (Wildman–Crippen MR) is 135 cm³/mol. The number of furan rings is 1. The number of nitrogens with zero attached hydrogens (tertiary/aromatic N) is 2. The number of benzene rings is 3. The minimum atomic E-state index is -0.301. The monoisotopic (exact) mass is 484 g/mol. The number of carbonyl (C=O) groups excluding carboxylic acids is 1. The van der Waals surface area contributed by atoms with E-state index in [9.17, 15) is 4.79 Å². The topological polar surface area (TPSA) is 87.2 Å². The molecular weight excluding hydrogens is 460 g/mol. The van der Waals surface area contributed by atoms with Gasteiger partial charge in [0.25, 0.3) is 5.91 Å². The Morgan fingerprint density at radius 1 is 0.889 bits per heavy atom. The minimum absolute atomic E-state index is 0.154. The van der Waals surface area contributed by atoms with Gasteiger partial charge in [-0.1, -0.05) is 6.07 Å². The van der Waals surface area contributed by atoms with Gasteiger partial charge in [0.15, 0.2) is 5.58 Å². The zero-order valence-electron chi connectivity index (χ0n) is 20.1. The van der Waals surface area contributed by atoms with E-state index in [1.807, 2.05) is 42.5 Å². The molecule has 0 aliphatic rings. The van der Waals surface area contributed by atoms with Crippen LogP contribution in [0, 0.1) is 0 Å². The summed E-state index contributed by atoms with van der Waals surface area (Å²) in [5.74, 6) is 2.21. The SMILES string of the molecule is COc1cccc(C(=O)N(Cc2ccc(OC)cc2OC)c2nc3cc(-c4ccco4)ccc3o2)c1. The van der Waals surface area contributed by atoms with E-state index in [1.54, 1.807) is 57.9 Å². The van der Waals surface area contributed by atoms with Crippen molar-refractivity contribution in [1.82, 2.24) is 4.98 Å². The molecule has 0 aliphatic heterocycles. The molecule has 1 amide bonds. The highest BCUT2D eigenvalue weighted by Gasteiger charge is 2.25. The molecule has 0 bridgehead atoms. The van der Waals surface area contributed by atoms with E-state index in [0.717, 1.165) is 11.1 Å². The Hall–Kier alpha value is -4.72.